The van der Waals surface area contributed by atoms with Crippen LogP contribution in [0.1, 0.15) is 5.56 Å². The predicted octanol–water partition coefficient (Wildman–Crippen LogP) is 2.02. The van der Waals surface area contributed by atoms with E-state index in [1.807, 2.05) is 32.2 Å². The zero-order valence-corrected chi connectivity index (χ0v) is 13.5. The quantitative estimate of drug-likeness (QED) is 0.875. The van der Waals surface area contributed by atoms with E-state index in [0.29, 0.717) is 12.6 Å². The molecule has 1 amide bonds. The van der Waals surface area contributed by atoms with Crippen LogP contribution < -0.4 is 10.6 Å². The molecule has 1 fully saturated rings. The highest BCUT2D eigenvalue weighted by molar-refractivity contribution is 9.10. The number of hydrogen-bond acceptors (Lipinski definition) is 3. The van der Waals surface area contributed by atoms with Gasteiger partial charge in [0.1, 0.15) is 0 Å². The summed E-state index contributed by atoms with van der Waals surface area (Å²) in [6.45, 7) is 4.37. The van der Waals surface area contributed by atoms with E-state index in [9.17, 15) is 4.79 Å². The van der Waals surface area contributed by atoms with Crippen LogP contribution in [0.3, 0.4) is 0 Å². The molecule has 0 radical (unpaired) electrons. The summed E-state index contributed by atoms with van der Waals surface area (Å²) in [6.07, 6.45) is 0. The molecule has 0 bridgehead atoms. The number of carbonyl (C=O) groups excluding carboxylic acids is 1. The molecule has 4 nitrogen and oxygen atoms in total. The zero-order chi connectivity index (χ0) is 13.1. The number of aryl methyl sites for hydroxylation is 1. The summed E-state index contributed by atoms with van der Waals surface area (Å²) in [6, 6.07) is 6.33. The average Bonchev–Trinajstić information content (AvgIpc) is 2.19. The van der Waals surface area contributed by atoms with Crippen molar-refractivity contribution in [3.63, 3.8) is 0 Å². The second kappa shape index (κ2) is 7.24. The van der Waals surface area contributed by atoms with Crippen LogP contribution in [0.15, 0.2) is 22.7 Å². The van der Waals surface area contributed by atoms with Crippen LogP contribution in [-0.2, 0) is 4.79 Å². The van der Waals surface area contributed by atoms with Crippen molar-refractivity contribution in [3.05, 3.63) is 28.2 Å². The van der Waals surface area contributed by atoms with Crippen LogP contribution in [0.25, 0.3) is 0 Å². The molecule has 0 aliphatic carbocycles. The van der Waals surface area contributed by atoms with Crippen molar-refractivity contribution in [3.8, 4) is 0 Å². The van der Waals surface area contributed by atoms with E-state index < -0.39 is 0 Å². The Labute approximate surface area is 128 Å². The van der Waals surface area contributed by atoms with Gasteiger partial charge in [0.2, 0.25) is 5.91 Å². The topological polar surface area (TPSA) is 44.4 Å². The lowest BCUT2D eigenvalue weighted by atomic mass is 10.1. The van der Waals surface area contributed by atoms with Crippen molar-refractivity contribution in [2.75, 3.05) is 32.0 Å². The Bertz CT molecular complexity index is 452. The Morgan fingerprint density at radius 3 is 2.74 bits per heavy atom. The Kier molecular flexibility index (Phi) is 6.26. The fourth-order valence-electron chi connectivity index (χ4n) is 1.90. The zero-order valence-electron chi connectivity index (χ0n) is 11.1. The van der Waals surface area contributed by atoms with Crippen LogP contribution in [0.5, 0.6) is 0 Å². The molecule has 1 aliphatic heterocycles. The lowest BCUT2D eigenvalue weighted by molar-refractivity contribution is -0.117. The van der Waals surface area contributed by atoms with Crippen molar-refractivity contribution in [2.24, 2.45) is 0 Å². The number of hydrogen-bond donors (Lipinski definition) is 2. The molecule has 2 N–H and O–H groups in total. The minimum absolute atomic E-state index is 0. The molecule has 1 saturated heterocycles. The van der Waals surface area contributed by atoms with Gasteiger partial charge in [-0.1, -0.05) is 15.9 Å². The van der Waals surface area contributed by atoms with Crippen LogP contribution in [0.2, 0.25) is 0 Å². The molecule has 1 aromatic carbocycles. The van der Waals surface area contributed by atoms with Gasteiger partial charge in [-0.2, -0.15) is 0 Å². The molecule has 0 aromatic heterocycles. The molecule has 106 valence electrons. The summed E-state index contributed by atoms with van der Waals surface area (Å²) in [5.74, 6) is 0.0369. The number of anilines is 1. The van der Waals surface area contributed by atoms with Crippen LogP contribution in [0, 0.1) is 6.92 Å². The van der Waals surface area contributed by atoms with Crippen molar-refractivity contribution in [2.45, 2.75) is 13.0 Å². The van der Waals surface area contributed by atoms with Gasteiger partial charge in [-0.3, -0.25) is 9.69 Å². The van der Waals surface area contributed by atoms with Gasteiger partial charge in [-0.05, 0) is 37.7 Å². The van der Waals surface area contributed by atoms with Crippen LogP contribution in [0.4, 0.5) is 5.69 Å². The molecule has 1 aliphatic rings. The summed E-state index contributed by atoms with van der Waals surface area (Å²) in [4.78, 5) is 14.0. The van der Waals surface area contributed by atoms with Crippen molar-refractivity contribution in [1.29, 1.82) is 0 Å². The molecular weight excluding hydrogens is 330 g/mol. The van der Waals surface area contributed by atoms with Gasteiger partial charge in [0.25, 0.3) is 0 Å². The van der Waals surface area contributed by atoms with Crippen molar-refractivity contribution >= 4 is 39.9 Å². The Hall–Kier alpha value is -0.620. The molecule has 19 heavy (non-hydrogen) atoms. The number of likely N-dealkylation sites (N-methyl/N-ethyl adjacent to an activating group) is 1. The van der Waals surface area contributed by atoms with E-state index in [2.05, 4.69) is 31.5 Å². The van der Waals surface area contributed by atoms with E-state index in [1.54, 1.807) is 0 Å². The predicted molar refractivity (Wildman–Crippen MR) is 84.0 cm³/mol. The summed E-state index contributed by atoms with van der Waals surface area (Å²) in [7, 11) is 1.99. The first kappa shape index (κ1) is 16.4. The smallest absolute Gasteiger partial charge is 0.238 e. The minimum Gasteiger partial charge on any atom is -0.325 e. The van der Waals surface area contributed by atoms with Crippen LogP contribution >= 0.6 is 28.3 Å². The highest BCUT2D eigenvalue weighted by atomic mass is 79.9. The van der Waals surface area contributed by atoms with Gasteiger partial charge in [0.15, 0.2) is 0 Å². The fraction of sp³-hybridized carbons (Fsp3) is 0.462. The molecule has 1 heterocycles. The maximum Gasteiger partial charge on any atom is 0.238 e. The second-order valence-corrected chi connectivity index (χ2v) is 5.65. The molecule has 1 aromatic rings. The molecule has 0 unspecified atom stereocenters. The highest BCUT2D eigenvalue weighted by Gasteiger charge is 2.22. The summed E-state index contributed by atoms with van der Waals surface area (Å²) in [5, 5.41) is 6.15. The first-order chi connectivity index (χ1) is 8.56. The summed E-state index contributed by atoms with van der Waals surface area (Å²) >= 11 is 3.41. The maximum absolute atomic E-state index is 11.9. The average molecular weight is 349 g/mol. The third-order valence-electron chi connectivity index (χ3n) is 3.24. The maximum atomic E-state index is 11.9. The lowest BCUT2D eigenvalue weighted by Gasteiger charge is -2.35. The Morgan fingerprint density at radius 1 is 1.53 bits per heavy atom. The van der Waals surface area contributed by atoms with Crippen molar-refractivity contribution in [1.82, 2.24) is 10.2 Å². The van der Waals surface area contributed by atoms with Gasteiger partial charge in [0.05, 0.1) is 6.54 Å². The van der Waals surface area contributed by atoms with Gasteiger partial charge < -0.3 is 10.6 Å². The molecule has 0 saturated carbocycles. The molecule has 0 atom stereocenters. The molecule has 0 spiro atoms. The SMILES string of the molecule is Cc1cc(Br)ccc1NC(=O)CN(C)C1CNC1.Cl. The van der Waals surface area contributed by atoms with E-state index in [4.69, 9.17) is 0 Å². The number of nitrogens with one attached hydrogen (secondary N) is 2. The fourth-order valence-corrected chi connectivity index (χ4v) is 2.37. The van der Waals surface area contributed by atoms with Gasteiger partial charge in [-0.25, -0.2) is 0 Å². The largest absolute Gasteiger partial charge is 0.325 e. The third kappa shape index (κ3) is 4.45. The van der Waals surface area contributed by atoms with Gasteiger partial charge in [0, 0.05) is 29.3 Å². The minimum atomic E-state index is 0. The number of halogens is 2. The number of carbonyl (C=O) groups is 1. The highest BCUT2D eigenvalue weighted by Crippen LogP contribution is 2.19. The number of nitrogens with zero attached hydrogens (tertiary/aromatic N) is 1. The van der Waals surface area contributed by atoms with E-state index >= 15 is 0 Å². The molecule has 6 heteroatoms. The summed E-state index contributed by atoms with van der Waals surface area (Å²) < 4.78 is 1.02. The number of rotatable bonds is 4. The first-order valence-electron chi connectivity index (χ1n) is 6.03. The molecule has 2 rings (SSSR count). The van der Waals surface area contributed by atoms with E-state index in [-0.39, 0.29) is 18.3 Å². The third-order valence-corrected chi connectivity index (χ3v) is 3.73. The normalized spacial score (nSPS) is 14.7. The van der Waals surface area contributed by atoms with E-state index in [0.717, 1.165) is 28.8 Å². The first-order valence-corrected chi connectivity index (χ1v) is 6.82. The Morgan fingerprint density at radius 2 is 2.21 bits per heavy atom. The Balaban J connectivity index is 0.00000180. The van der Waals surface area contributed by atoms with Gasteiger partial charge >= 0.3 is 0 Å². The summed E-state index contributed by atoms with van der Waals surface area (Å²) in [5.41, 5.74) is 1.94. The van der Waals surface area contributed by atoms with Crippen molar-refractivity contribution < 1.29 is 4.79 Å². The lowest BCUT2D eigenvalue weighted by Crippen LogP contribution is -2.57. The van der Waals surface area contributed by atoms with E-state index in [1.165, 1.54) is 0 Å². The monoisotopic (exact) mass is 347 g/mol. The van der Waals surface area contributed by atoms with Gasteiger partial charge in [-0.15, -0.1) is 12.4 Å². The number of amides is 1. The molecular formula is C13H19BrClN3O. The van der Waals surface area contributed by atoms with Crippen LogP contribution in [-0.4, -0.2) is 43.5 Å². The standard InChI is InChI=1S/C13H18BrN3O.ClH/c1-9-5-10(14)3-4-12(9)16-13(18)8-17(2)11-6-15-7-11;/h3-5,11,15H,6-8H2,1-2H3,(H,16,18);1H. The second-order valence-electron chi connectivity index (χ2n) is 4.73. The number of benzene rings is 1.